The topological polar surface area (TPSA) is 57.7 Å². The van der Waals surface area contributed by atoms with Gasteiger partial charge in [0.15, 0.2) is 0 Å². The number of aryl methyl sites for hydroxylation is 1. The van der Waals surface area contributed by atoms with Crippen molar-refractivity contribution >= 4 is 15.9 Å². The Morgan fingerprint density at radius 2 is 1.64 bits per heavy atom. The predicted octanol–water partition coefficient (Wildman–Crippen LogP) is 2.28. The van der Waals surface area contributed by atoms with Gasteiger partial charge in [-0.15, -0.1) is 0 Å². The van der Waals surface area contributed by atoms with Gasteiger partial charge in [-0.2, -0.15) is 4.31 Å². The molecule has 0 radical (unpaired) electrons. The number of halogens is 1. The lowest BCUT2D eigenvalue weighted by Crippen LogP contribution is -2.50. The van der Waals surface area contributed by atoms with Gasteiger partial charge in [-0.25, -0.2) is 12.8 Å². The van der Waals surface area contributed by atoms with Crippen LogP contribution in [0, 0.1) is 12.7 Å². The van der Waals surface area contributed by atoms with Crippen LogP contribution in [0.5, 0.6) is 0 Å². The third-order valence-corrected chi connectivity index (χ3v) is 6.15. The molecule has 0 unspecified atom stereocenters. The number of nitrogens with zero attached hydrogens (tertiary/aromatic N) is 2. The summed E-state index contributed by atoms with van der Waals surface area (Å²) in [5.41, 5.74) is 1.66. The molecule has 0 aromatic heterocycles. The molecule has 1 aliphatic heterocycles. The Morgan fingerprint density at radius 1 is 1.00 bits per heavy atom. The van der Waals surface area contributed by atoms with E-state index in [9.17, 15) is 17.6 Å². The van der Waals surface area contributed by atoms with Crippen molar-refractivity contribution in [2.45, 2.75) is 11.8 Å². The first-order valence-corrected chi connectivity index (χ1v) is 9.43. The predicted molar refractivity (Wildman–Crippen MR) is 92.2 cm³/mol. The van der Waals surface area contributed by atoms with Gasteiger partial charge in [0.1, 0.15) is 5.82 Å². The number of hydrogen-bond acceptors (Lipinski definition) is 3. The molecular weight excluding hydrogens is 343 g/mol. The molecule has 1 aliphatic rings. The third kappa shape index (κ3) is 3.72. The zero-order valence-corrected chi connectivity index (χ0v) is 14.7. The molecule has 2 aromatic carbocycles. The Morgan fingerprint density at radius 3 is 2.24 bits per heavy atom. The van der Waals surface area contributed by atoms with Crippen LogP contribution < -0.4 is 0 Å². The van der Waals surface area contributed by atoms with Crippen LogP contribution in [0.1, 0.15) is 15.9 Å². The molecule has 0 saturated carbocycles. The Balaban J connectivity index is 1.69. The van der Waals surface area contributed by atoms with Gasteiger partial charge in [0, 0.05) is 31.7 Å². The second kappa shape index (κ2) is 6.93. The minimum absolute atomic E-state index is 0.0641. The molecule has 5 nitrogen and oxygen atoms in total. The number of benzene rings is 2. The zero-order valence-electron chi connectivity index (χ0n) is 13.9. The summed E-state index contributed by atoms with van der Waals surface area (Å²) in [6.45, 7) is 2.94. The highest BCUT2D eigenvalue weighted by molar-refractivity contribution is 7.89. The normalized spacial score (nSPS) is 16.0. The van der Waals surface area contributed by atoms with Crippen molar-refractivity contribution in [1.29, 1.82) is 0 Å². The smallest absolute Gasteiger partial charge is 0.253 e. The van der Waals surface area contributed by atoms with Crippen LogP contribution in [-0.2, 0) is 10.0 Å². The maximum absolute atomic E-state index is 13.3. The number of sulfonamides is 1. The second-order valence-electron chi connectivity index (χ2n) is 6.02. The summed E-state index contributed by atoms with van der Waals surface area (Å²) in [5.74, 6) is -0.697. The molecule has 1 saturated heterocycles. The molecule has 7 heteroatoms. The van der Waals surface area contributed by atoms with Crippen molar-refractivity contribution in [2.24, 2.45) is 0 Å². The van der Waals surface area contributed by atoms with Gasteiger partial charge in [-0.1, -0.05) is 23.8 Å². The summed E-state index contributed by atoms with van der Waals surface area (Å²) in [5, 5.41) is 0. The first-order valence-electron chi connectivity index (χ1n) is 7.99. The van der Waals surface area contributed by atoms with E-state index in [2.05, 4.69) is 0 Å². The number of piperazine rings is 1. The Kier molecular flexibility index (Phi) is 4.87. The van der Waals surface area contributed by atoms with Gasteiger partial charge in [-0.3, -0.25) is 4.79 Å². The highest BCUT2D eigenvalue weighted by atomic mass is 32.2. The average molecular weight is 362 g/mol. The summed E-state index contributed by atoms with van der Waals surface area (Å²) in [6, 6.07) is 12.3. The fourth-order valence-electron chi connectivity index (χ4n) is 2.79. The van der Waals surface area contributed by atoms with Crippen molar-refractivity contribution in [3.8, 4) is 0 Å². The fraction of sp³-hybridized carbons (Fsp3) is 0.278. The molecular formula is C18H19FN2O3S. The number of rotatable bonds is 3. The minimum Gasteiger partial charge on any atom is -0.336 e. The first kappa shape index (κ1) is 17.6. The molecule has 0 N–H and O–H groups in total. The molecule has 3 rings (SSSR count). The molecule has 0 aliphatic carbocycles. The molecule has 0 atom stereocenters. The lowest BCUT2D eigenvalue weighted by Gasteiger charge is -2.34. The fourth-order valence-corrected chi connectivity index (χ4v) is 4.24. The molecule has 1 heterocycles. The largest absolute Gasteiger partial charge is 0.336 e. The van der Waals surface area contributed by atoms with Gasteiger partial charge in [0.05, 0.1) is 4.90 Å². The van der Waals surface area contributed by atoms with E-state index < -0.39 is 15.8 Å². The van der Waals surface area contributed by atoms with Crippen molar-refractivity contribution in [3.63, 3.8) is 0 Å². The van der Waals surface area contributed by atoms with Gasteiger partial charge in [0.25, 0.3) is 5.91 Å². The maximum atomic E-state index is 13.3. The van der Waals surface area contributed by atoms with Crippen LogP contribution >= 0.6 is 0 Å². The van der Waals surface area contributed by atoms with Crippen LogP contribution in [0.2, 0.25) is 0 Å². The van der Waals surface area contributed by atoms with Gasteiger partial charge < -0.3 is 4.90 Å². The minimum atomic E-state index is -3.75. The molecule has 2 aromatic rings. The van der Waals surface area contributed by atoms with Crippen LogP contribution in [0.3, 0.4) is 0 Å². The second-order valence-corrected chi connectivity index (χ2v) is 7.96. The highest BCUT2D eigenvalue weighted by Gasteiger charge is 2.30. The van der Waals surface area contributed by atoms with E-state index in [1.165, 1.54) is 22.5 Å². The number of hydrogen-bond donors (Lipinski definition) is 0. The molecule has 1 fully saturated rings. The standard InChI is InChI=1S/C18H19FN2O3S/c1-14-5-7-15(8-6-14)18(22)20-9-11-21(12-10-20)25(23,24)17-4-2-3-16(19)13-17/h2-8,13H,9-12H2,1H3. The van der Waals surface area contributed by atoms with Crippen LogP contribution in [0.4, 0.5) is 4.39 Å². The van der Waals surface area contributed by atoms with E-state index in [1.54, 1.807) is 17.0 Å². The summed E-state index contributed by atoms with van der Waals surface area (Å²) < 4.78 is 39.8. The SMILES string of the molecule is Cc1ccc(C(=O)N2CCN(S(=O)(=O)c3cccc(F)c3)CC2)cc1. The van der Waals surface area contributed by atoms with Gasteiger partial charge in [0.2, 0.25) is 10.0 Å². The van der Waals surface area contributed by atoms with Crippen LogP contribution in [-0.4, -0.2) is 49.7 Å². The van der Waals surface area contributed by atoms with Gasteiger partial charge in [-0.05, 0) is 37.3 Å². The van der Waals surface area contributed by atoms with E-state index in [-0.39, 0.29) is 23.9 Å². The van der Waals surface area contributed by atoms with E-state index in [4.69, 9.17) is 0 Å². The van der Waals surface area contributed by atoms with Crippen molar-refractivity contribution in [1.82, 2.24) is 9.21 Å². The number of carbonyl (C=O) groups is 1. The van der Waals surface area contributed by atoms with Crippen LogP contribution in [0.15, 0.2) is 53.4 Å². The maximum Gasteiger partial charge on any atom is 0.253 e. The monoisotopic (exact) mass is 362 g/mol. The zero-order chi connectivity index (χ0) is 18.0. The lowest BCUT2D eigenvalue weighted by atomic mass is 10.1. The third-order valence-electron chi connectivity index (χ3n) is 4.26. The average Bonchev–Trinajstić information content (AvgIpc) is 2.62. The van der Waals surface area contributed by atoms with Gasteiger partial charge >= 0.3 is 0 Å². The molecule has 0 bridgehead atoms. The molecule has 25 heavy (non-hydrogen) atoms. The van der Waals surface area contributed by atoms with E-state index in [1.807, 2.05) is 19.1 Å². The summed E-state index contributed by atoms with van der Waals surface area (Å²) in [4.78, 5) is 14.1. The lowest BCUT2D eigenvalue weighted by molar-refractivity contribution is 0.0698. The molecule has 1 amide bonds. The summed E-state index contributed by atoms with van der Waals surface area (Å²) in [6.07, 6.45) is 0. The summed E-state index contributed by atoms with van der Waals surface area (Å²) in [7, 11) is -3.75. The van der Waals surface area contributed by atoms with Crippen molar-refractivity contribution in [2.75, 3.05) is 26.2 Å². The highest BCUT2D eigenvalue weighted by Crippen LogP contribution is 2.19. The quantitative estimate of drug-likeness (QED) is 0.842. The van der Waals surface area contributed by atoms with E-state index >= 15 is 0 Å². The van der Waals surface area contributed by atoms with Crippen molar-refractivity contribution < 1.29 is 17.6 Å². The van der Waals surface area contributed by atoms with E-state index in [0.29, 0.717) is 18.7 Å². The molecule has 0 spiro atoms. The molecule has 132 valence electrons. The van der Waals surface area contributed by atoms with E-state index in [0.717, 1.165) is 11.6 Å². The first-order chi connectivity index (χ1) is 11.9. The summed E-state index contributed by atoms with van der Waals surface area (Å²) >= 11 is 0. The number of carbonyl (C=O) groups excluding carboxylic acids is 1. The van der Waals surface area contributed by atoms with Crippen molar-refractivity contribution in [3.05, 3.63) is 65.5 Å². The van der Waals surface area contributed by atoms with Crippen LogP contribution in [0.25, 0.3) is 0 Å². The number of amides is 1. The Bertz CT molecular complexity index is 873. The Hall–Kier alpha value is -2.25. The Labute approximate surface area is 146 Å².